The van der Waals surface area contributed by atoms with E-state index in [0.717, 1.165) is 35.1 Å². The van der Waals surface area contributed by atoms with Crippen molar-refractivity contribution in [2.45, 2.75) is 12.8 Å². The third kappa shape index (κ3) is 2.86. The van der Waals surface area contributed by atoms with Crippen LogP contribution in [0.2, 0.25) is 0 Å². The number of hydrogen-bond donors (Lipinski definition) is 0. The number of benzene rings is 2. The van der Waals surface area contributed by atoms with Crippen LogP contribution in [0, 0.1) is 0 Å². The predicted octanol–water partition coefficient (Wildman–Crippen LogP) is 4.68. The first kappa shape index (κ1) is 13.7. The lowest BCUT2D eigenvalue weighted by molar-refractivity contribution is 0.618. The van der Waals surface area contributed by atoms with E-state index in [4.69, 9.17) is 4.42 Å². The SMILES string of the molecule is c1ccc(CCc2cnccc2-c2nc3ccccc3o2)cc1. The summed E-state index contributed by atoms with van der Waals surface area (Å²) in [6.07, 6.45) is 5.58. The van der Waals surface area contributed by atoms with E-state index in [0.29, 0.717) is 5.89 Å². The van der Waals surface area contributed by atoms with Gasteiger partial charge in [0, 0.05) is 18.0 Å². The first-order chi connectivity index (χ1) is 11.4. The minimum absolute atomic E-state index is 0.664. The summed E-state index contributed by atoms with van der Waals surface area (Å²) in [5, 5.41) is 0. The van der Waals surface area contributed by atoms with Crippen LogP contribution in [0.1, 0.15) is 11.1 Å². The van der Waals surface area contributed by atoms with Gasteiger partial charge in [0.2, 0.25) is 5.89 Å². The van der Waals surface area contributed by atoms with E-state index < -0.39 is 0 Å². The number of hydrogen-bond acceptors (Lipinski definition) is 3. The molecule has 23 heavy (non-hydrogen) atoms. The van der Waals surface area contributed by atoms with Gasteiger partial charge in [-0.05, 0) is 42.2 Å². The highest BCUT2D eigenvalue weighted by Crippen LogP contribution is 2.27. The lowest BCUT2D eigenvalue weighted by atomic mass is 10.0. The molecule has 3 heteroatoms. The van der Waals surface area contributed by atoms with E-state index >= 15 is 0 Å². The highest BCUT2D eigenvalue weighted by atomic mass is 16.3. The molecule has 0 spiro atoms. The van der Waals surface area contributed by atoms with Gasteiger partial charge in [-0.2, -0.15) is 0 Å². The molecule has 112 valence electrons. The summed E-state index contributed by atoms with van der Waals surface area (Å²) in [5.74, 6) is 0.664. The van der Waals surface area contributed by atoms with Crippen molar-refractivity contribution >= 4 is 11.1 Å². The zero-order chi connectivity index (χ0) is 15.5. The number of aromatic nitrogens is 2. The van der Waals surface area contributed by atoms with E-state index in [1.807, 2.05) is 42.6 Å². The standard InChI is InChI=1S/C20H16N2O/c1-2-6-15(7-3-1)10-11-16-14-21-13-12-17(16)20-22-18-8-4-5-9-19(18)23-20/h1-9,12-14H,10-11H2. The van der Waals surface area contributed by atoms with Crippen LogP contribution in [0.15, 0.2) is 77.5 Å². The van der Waals surface area contributed by atoms with Crippen LogP contribution >= 0.6 is 0 Å². The van der Waals surface area contributed by atoms with Crippen LogP contribution in [0.3, 0.4) is 0 Å². The largest absolute Gasteiger partial charge is 0.436 e. The Bertz CT molecular complexity index is 895. The third-order valence-electron chi connectivity index (χ3n) is 3.95. The Kier molecular flexibility index (Phi) is 3.60. The first-order valence-corrected chi connectivity index (χ1v) is 7.73. The molecule has 0 aliphatic heterocycles. The summed E-state index contributed by atoms with van der Waals surface area (Å²) >= 11 is 0. The van der Waals surface area contributed by atoms with Gasteiger partial charge in [0.15, 0.2) is 5.58 Å². The van der Waals surface area contributed by atoms with Crippen LogP contribution in [-0.2, 0) is 12.8 Å². The van der Waals surface area contributed by atoms with Crippen LogP contribution in [0.4, 0.5) is 0 Å². The Morgan fingerprint density at radius 3 is 2.52 bits per heavy atom. The summed E-state index contributed by atoms with van der Waals surface area (Å²) in [6, 6.07) is 20.3. The van der Waals surface area contributed by atoms with E-state index in [9.17, 15) is 0 Å². The van der Waals surface area contributed by atoms with Gasteiger partial charge in [0.1, 0.15) is 5.52 Å². The maximum Gasteiger partial charge on any atom is 0.227 e. The molecule has 0 bridgehead atoms. The molecule has 0 N–H and O–H groups in total. The number of fused-ring (bicyclic) bond motifs is 1. The molecule has 0 radical (unpaired) electrons. The smallest absolute Gasteiger partial charge is 0.227 e. The van der Waals surface area contributed by atoms with E-state index in [1.165, 1.54) is 5.56 Å². The second-order valence-corrected chi connectivity index (χ2v) is 5.51. The minimum Gasteiger partial charge on any atom is -0.436 e. The van der Waals surface area contributed by atoms with Gasteiger partial charge in [0.05, 0.1) is 0 Å². The fourth-order valence-electron chi connectivity index (χ4n) is 2.75. The number of nitrogens with zero attached hydrogens (tertiary/aromatic N) is 2. The molecule has 2 aromatic heterocycles. The van der Waals surface area contributed by atoms with Crippen molar-refractivity contribution in [2.24, 2.45) is 0 Å². The molecule has 0 atom stereocenters. The number of oxazole rings is 1. The van der Waals surface area contributed by atoms with Gasteiger partial charge in [-0.3, -0.25) is 4.98 Å². The zero-order valence-corrected chi connectivity index (χ0v) is 12.6. The molecule has 0 fully saturated rings. The van der Waals surface area contributed by atoms with Crippen molar-refractivity contribution < 1.29 is 4.42 Å². The fourth-order valence-corrected chi connectivity index (χ4v) is 2.75. The number of aryl methyl sites for hydroxylation is 2. The van der Waals surface area contributed by atoms with Crippen LogP contribution in [0.25, 0.3) is 22.6 Å². The number of para-hydroxylation sites is 2. The second-order valence-electron chi connectivity index (χ2n) is 5.51. The van der Waals surface area contributed by atoms with Gasteiger partial charge in [0.25, 0.3) is 0 Å². The molecule has 0 unspecified atom stereocenters. The van der Waals surface area contributed by atoms with Crippen molar-refractivity contribution in [2.75, 3.05) is 0 Å². The third-order valence-corrected chi connectivity index (χ3v) is 3.95. The normalized spacial score (nSPS) is 11.0. The molecule has 0 aliphatic carbocycles. The summed E-state index contributed by atoms with van der Waals surface area (Å²) in [4.78, 5) is 8.87. The Balaban J connectivity index is 1.66. The highest BCUT2D eigenvalue weighted by molar-refractivity contribution is 5.76. The maximum atomic E-state index is 5.91. The van der Waals surface area contributed by atoms with Crippen molar-refractivity contribution in [3.05, 3.63) is 84.2 Å². The molecule has 4 aromatic rings. The van der Waals surface area contributed by atoms with Crippen molar-refractivity contribution in [1.29, 1.82) is 0 Å². The Hall–Kier alpha value is -2.94. The average molecular weight is 300 g/mol. The van der Waals surface area contributed by atoms with Crippen LogP contribution in [0.5, 0.6) is 0 Å². The van der Waals surface area contributed by atoms with Crippen LogP contribution in [-0.4, -0.2) is 9.97 Å². The molecule has 3 nitrogen and oxygen atoms in total. The summed E-state index contributed by atoms with van der Waals surface area (Å²) in [6.45, 7) is 0. The molecular weight excluding hydrogens is 284 g/mol. The zero-order valence-electron chi connectivity index (χ0n) is 12.6. The summed E-state index contributed by atoms with van der Waals surface area (Å²) < 4.78 is 5.91. The molecule has 0 saturated carbocycles. The Labute approximate surface area is 134 Å². The fraction of sp³-hybridized carbons (Fsp3) is 0.100. The minimum atomic E-state index is 0.664. The van der Waals surface area contributed by atoms with Gasteiger partial charge in [-0.15, -0.1) is 0 Å². The van der Waals surface area contributed by atoms with Crippen molar-refractivity contribution in [3.8, 4) is 11.5 Å². The average Bonchev–Trinajstić information content (AvgIpc) is 3.05. The Morgan fingerprint density at radius 2 is 1.65 bits per heavy atom. The summed E-state index contributed by atoms with van der Waals surface area (Å²) in [7, 11) is 0. The summed E-state index contributed by atoms with van der Waals surface area (Å²) in [5.41, 5.74) is 5.19. The van der Waals surface area contributed by atoms with Crippen molar-refractivity contribution in [1.82, 2.24) is 9.97 Å². The van der Waals surface area contributed by atoms with Gasteiger partial charge in [-0.1, -0.05) is 42.5 Å². The van der Waals surface area contributed by atoms with Gasteiger partial charge >= 0.3 is 0 Å². The topological polar surface area (TPSA) is 38.9 Å². The van der Waals surface area contributed by atoms with E-state index in [2.05, 4.69) is 34.2 Å². The predicted molar refractivity (Wildman–Crippen MR) is 91.1 cm³/mol. The highest BCUT2D eigenvalue weighted by Gasteiger charge is 2.12. The Morgan fingerprint density at radius 1 is 0.826 bits per heavy atom. The molecule has 0 aliphatic rings. The maximum absolute atomic E-state index is 5.91. The molecule has 0 saturated heterocycles. The second kappa shape index (κ2) is 6.05. The number of pyridine rings is 1. The first-order valence-electron chi connectivity index (χ1n) is 7.73. The van der Waals surface area contributed by atoms with Crippen LogP contribution < -0.4 is 0 Å². The molecule has 2 aromatic carbocycles. The molecule has 0 amide bonds. The molecular formula is C20H16N2O. The number of rotatable bonds is 4. The van der Waals surface area contributed by atoms with Gasteiger partial charge in [-0.25, -0.2) is 4.98 Å². The lowest BCUT2D eigenvalue weighted by Gasteiger charge is -2.06. The van der Waals surface area contributed by atoms with E-state index in [1.54, 1.807) is 6.20 Å². The molecule has 4 rings (SSSR count). The quantitative estimate of drug-likeness (QED) is 0.549. The van der Waals surface area contributed by atoms with E-state index in [-0.39, 0.29) is 0 Å². The molecule has 2 heterocycles. The lowest BCUT2D eigenvalue weighted by Crippen LogP contribution is -1.95. The van der Waals surface area contributed by atoms with Crippen molar-refractivity contribution in [3.63, 3.8) is 0 Å². The van der Waals surface area contributed by atoms with Gasteiger partial charge < -0.3 is 4.42 Å². The monoisotopic (exact) mass is 300 g/mol.